The van der Waals surface area contributed by atoms with Crippen LogP contribution in [0.1, 0.15) is 0 Å². The largest absolute Gasteiger partial charge is 0.480 e. The highest BCUT2D eigenvalue weighted by atomic mass is 35.5. The van der Waals surface area contributed by atoms with Crippen LogP contribution in [-0.2, 0) is 9.59 Å². The van der Waals surface area contributed by atoms with Gasteiger partial charge in [-0.3, -0.25) is 4.79 Å². The van der Waals surface area contributed by atoms with Gasteiger partial charge in [-0.25, -0.2) is 4.79 Å². The van der Waals surface area contributed by atoms with Gasteiger partial charge >= 0.3 is 5.97 Å². The van der Waals surface area contributed by atoms with Gasteiger partial charge in [-0.1, -0.05) is 0 Å². The monoisotopic (exact) mass is 228 g/mol. The van der Waals surface area contributed by atoms with Gasteiger partial charge in [0.25, 0.3) is 0 Å². The van der Waals surface area contributed by atoms with Crippen LogP contribution >= 0.6 is 23.2 Å². The molecule has 7 heteroatoms. The molecule has 0 rings (SSSR count). The van der Waals surface area contributed by atoms with E-state index in [1.54, 1.807) is 0 Å². The fourth-order valence-corrected chi connectivity index (χ4v) is 0.864. The number of nitrogens with one attached hydrogen (secondary N) is 1. The number of alkyl halides is 2. The highest BCUT2D eigenvalue weighted by Crippen LogP contribution is 1.91. The Labute approximate surface area is 85.2 Å². The van der Waals surface area contributed by atoms with E-state index >= 15 is 0 Å². The number of carbonyl (C=O) groups is 2. The molecule has 5 nitrogen and oxygen atoms in total. The summed E-state index contributed by atoms with van der Waals surface area (Å²) in [4.78, 5) is 21.4. The molecule has 13 heavy (non-hydrogen) atoms. The van der Waals surface area contributed by atoms with Crippen LogP contribution in [0.2, 0.25) is 0 Å². The SMILES string of the molecule is NC(CCl)C(=O)N[C@@H](CCl)C(=O)O. The Morgan fingerprint density at radius 2 is 1.92 bits per heavy atom. The van der Waals surface area contributed by atoms with Crippen LogP contribution in [0.15, 0.2) is 0 Å². The van der Waals surface area contributed by atoms with Crippen LogP contribution in [0.3, 0.4) is 0 Å². The summed E-state index contributed by atoms with van der Waals surface area (Å²) in [5.74, 6) is -2.11. The Kier molecular flexibility index (Phi) is 5.77. The van der Waals surface area contributed by atoms with Crippen molar-refractivity contribution in [2.75, 3.05) is 11.8 Å². The van der Waals surface area contributed by atoms with Crippen molar-refractivity contribution in [3.63, 3.8) is 0 Å². The summed E-state index contributed by atoms with van der Waals surface area (Å²) in [6.45, 7) is 0. The van der Waals surface area contributed by atoms with Crippen molar-refractivity contribution in [3.05, 3.63) is 0 Å². The lowest BCUT2D eigenvalue weighted by Crippen LogP contribution is -2.49. The number of hydrogen-bond acceptors (Lipinski definition) is 3. The van der Waals surface area contributed by atoms with E-state index in [1.807, 2.05) is 0 Å². The van der Waals surface area contributed by atoms with Crippen LogP contribution in [0.4, 0.5) is 0 Å². The Morgan fingerprint density at radius 1 is 1.38 bits per heavy atom. The Balaban J connectivity index is 4.09. The van der Waals surface area contributed by atoms with E-state index in [9.17, 15) is 9.59 Å². The third-order valence-corrected chi connectivity index (χ3v) is 1.91. The first kappa shape index (κ1) is 12.5. The molecule has 0 heterocycles. The lowest BCUT2D eigenvalue weighted by molar-refractivity contribution is -0.141. The quantitative estimate of drug-likeness (QED) is 0.547. The molecule has 0 saturated carbocycles. The first-order chi connectivity index (χ1) is 6.02. The van der Waals surface area contributed by atoms with Crippen molar-refractivity contribution in [2.45, 2.75) is 12.1 Å². The summed E-state index contributed by atoms with van der Waals surface area (Å²) in [5, 5.41) is 10.6. The number of hydrogen-bond donors (Lipinski definition) is 3. The van der Waals surface area contributed by atoms with E-state index in [2.05, 4.69) is 5.32 Å². The van der Waals surface area contributed by atoms with Crippen molar-refractivity contribution in [1.29, 1.82) is 0 Å². The molecule has 0 aromatic heterocycles. The fraction of sp³-hybridized carbons (Fsp3) is 0.667. The molecule has 0 aromatic rings. The molecule has 0 saturated heterocycles. The third-order valence-electron chi connectivity index (χ3n) is 1.27. The van der Waals surface area contributed by atoms with E-state index in [-0.39, 0.29) is 11.8 Å². The predicted molar refractivity (Wildman–Crippen MR) is 49.0 cm³/mol. The minimum atomic E-state index is -1.20. The second-order valence-electron chi connectivity index (χ2n) is 2.31. The zero-order valence-electron chi connectivity index (χ0n) is 6.67. The van der Waals surface area contributed by atoms with Gasteiger partial charge in [0, 0.05) is 5.88 Å². The molecular weight excluding hydrogens is 219 g/mol. The van der Waals surface area contributed by atoms with Gasteiger partial charge in [-0.15, -0.1) is 23.2 Å². The summed E-state index contributed by atoms with van der Waals surface area (Å²) in [6, 6.07) is -2.03. The van der Waals surface area contributed by atoms with E-state index in [4.69, 9.17) is 34.0 Å². The lowest BCUT2D eigenvalue weighted by atomic mass is 10.3. The van der Waals surface area contributed by atoms with Gasteiger partial charge in [0.1, 0.15) is 6.04 Å². The van der Waals surface area contributed by atoms with Gasteiger partial charge in [0.15, 0.2) is 0 Å². The topological polar surface area (TPSA) is 92.4 Å². The Hall–Kier alpha value is -0.520. The predicted octanol–water partition coefficient (Wildman–Crippen LogP) is -0.639. The molecular formula is C6H10Cl2N2O3. The average molecular weight is 229 g/mol. The molecule has 76 valence electrons. The van der Waals surface area contributed by atoms with Crippen molar-refractivity contribution in [2.24, 2.45) is 5.73 Å². The molecule has 0 spiro atoms. The van der Waals surface area contributed by atoms with Crippen molar-refractivity contribution < 1.29 is 14.7 Å². The maximum absolute atomic E-state index is 11.0. The highest BCUT2D eigenvalue weighted by Gasteiger charge is 2.21. The van der Waals surface area contributed by atoms with E-state index in [0.29, 0.717) is 0 Å². The van der Waals surface area contributed by atoms with Crippen LogP contribution in [0, 0.1) is 0 Å². The Morgan fingerprint density at radius 3 is 2.23 bits per heavy atom. The number of carbonyl (C=O) groups excluding carboxylic acids is 1. The fourth-order valence-electron chi connectivity index (χ4n) is 0.515. The number of carboxylic acids is 1. The molecule has 1 unspecified atom stereocenters. The number of rotatable bonds is 5. The zero-order chi connectivity index (χ0) is 10.4. The van der Waals surface area contributed by atoms with Gasteiger partial charge in [0.2, 0.25) is 5.91 Å². The molecule has 0 aromatic carbocycles. The molecule has 0 aliphatic carbocycles. The molecule has 2 atom stereocenters. The normalized spacial score (nSPS) is 14.7. The molecule has 0 radical (unpaired) electrons. The van der Waals surface area contributed by atoms with Gasteiger partial charge in [-0.2, -0.15) is 0 Å². The first-order valence-electron chi connectivity index (χ1n) is 3.43. The highest BCUT2D eigenvalue weighted by molar-refractivity contribution is 6.20. The number of nitrogens with two attached hydrogens (primary N) is 1. The second kappa shape index (κ2) is 6.01. The lowest BCUT2D eigenvalue weighted by Gasteiger charge is -2.13. The van der Waals surface area contributed by atoms with E-state index in [0.717, 1.165) is 0 Å². The average Bonchev–Trinajstić information content (AvgIpc) is 2.11. The summed E-state index contributed by atoms with van der Waals surface area (Å²) in [6.07, 6.45) is 0. The smallest absolute Gasteiger partial charge is 0.327 e. The molecule has 0 fully saturated rings. The number of aliphatic carboxylic acids is 1. The van der Waals surface area contributed by atoms with Crippen molar-refractivity contribution in [1.82, 2.24) is 5.32 Å². The second-order valence-corrected chi connectivity index (χ2v) is 2.93. The molecule has 0 aliphatic heterocycles. The molecule has 1 amide bonds. The summed E-state index contributed by atoms with van der Waals surface area (Å²) >= 11 is 10.6. The summed E-state index contributed by atoms with van der Waals surface area (Å²) < 4.78 is 0. The van der Waals surface area contributed by atoms with Gasteiger partial charge in [-0.05, 0) is 0 Å². The minimum absolute atomic E-state index is 0.0690. The van der Waals surface area contributed by atoms with E-state index in [1.165, 1.54) is 0 Å². The number of halogens is 2. The third kappa shape index (κ3) is 4.31. The van der Waals surface area contributed by atoms with Crippen molar-refractivity contribution >= 4 is 35.1 Å². The van der Waals surface area contributed by atoms with Crippen LogP contribution in [0.25, 0.3) is 0 Å². The first-order valence-corrected chi connectivity index (χ1v) is 4.50. The summed E-state index contributed by atoms with van der Waals surface area (Å²) in [7, 11) is 0. The standard InChI is InChI=1S/C6H10Cl2N2O3/c7-1-3(9)5(11)10-4(2-8)6(12)13/h3-4H,1-2,9H2,(H,10,11)(H,12,13)/t3?,4-/m0/s1. The summed E-state index contributed by atoms with van der Waals surface area (Å²) in [5.41, 5.74) is 5.24. The number of carboxylic acid groups (broad SMARTS) is 1. The Bertz CT molecular complexity index is 200. The van der Waals surface area contributed by atoms with E-state index < -0.39 is 24.0 Å². The number of amides is 1. The molecule has 4 N–H and O–H groups in total. The zero-order valence-corrected chi connectivity index (χ0v) is 8.18. The van der Waals surface area contributed by atoms with Crippen molar-refractivity contribution in [3.8, 4) is 0 Å². The minimum Gasteiger partial charge on any atom is -0.480 e. The van der Waals surface area contributed by atoms with Crippen LogP contribution < -0.4 is 11.1 Å². The molecule has 0 aliphatic rings. The van der Waals surface area contributed by atoms with Crippen LogP contribution in [-0.4, -0.2) is 40.8 Å². The maximum atomic E-state index is 11.0. The van der Waals surface area contributed by atoms with Gasteiger partial charge in [0.05, 0.1) is 11.9 Å². The molecule has 0 bridgehead atoms. The van der Waals surface area contributed by atoms with Crippen LogP contribution in [0.5, 0.6) is 0 Å². The van der Waals surface area contributed by atoms with Gasteiger partial charge < -0.3 is 16.2 Å². The maximum Gasteiger partial charge on any atom is 0.327 e.